The van der Waals surface area contributed by atoms with Crippen molar-refractivity contribution in [2.24, 2.45) is 0 Å². The van der Waals surface area contributed by atoms with Crippen LogP contribution in [0, 0.1) is 0 Å². The van der Waals surface area contributed by atoms with Crippen LogP contribution in [-0.4, -0.2) is 58.9 Å². The van der Waals surface area contributed by atoms with Crippen LogP contribution in [0.4, 0.5) is 4.79 Å². The molecule has 0 saturated heterocycles. The van der Waals surface area contributed by atoms with Crippen molar-refractivity contribution in [3.63, 3.8) is 0 Å². The summed E-state index contributed by atoms with van der Waals surface area (Å²) < 4.78 is 28.3. The summed E-state index contributed by atoms with van der Waals surface area (Å²) in [4.78, 5) is 12.0. The molecule has 0 aliphatic heterocycles. The molecule has 0 atom stereocenters. The van der Waals surface area contributed by atoms with E-state index in [1.807, 2.05) is 20.8 Å². The van der Waals surface area contributed by atoms with Gasteiger partial charge in [0.15, 0.2) is 0 Å². The monoisotopic (exact) mass is 396 g/mol. The number of hydrogen-bond acceptors (Lipinski definition) is 5. The first-order chi connectivity index (χ1) is 12.6. The Labute approximate surface area is 160 Å². The molecule has 0 unspecified atom stereocenters. The fourth-order valence-electron chi connectivity index (χ4n) is 2.65. The summed E-state index contributed by atoms with van der Waals surface area (Å²) in [5.74, 6) is 0. The second-order valence-corrected chi connectivity index (χ2v) is 9.12. The minimum Gasteiger partial charge on any atom is -0.336 e. The average Bonchev–Trinajstić information content (AvgIpc) is 2.96. The van der Waals surface area contributed by atoms with E-state index in [4.69, 9.17) is 0 Å². The van der Waals surface area contributed by atoms with Crippen molar-refractivity contribution >= 4 is 27.1 Å². The van der Waals surface area contributed by atoms with Gasteiger partial charge in [-0.05, 0) is 39.0 Å². The van der Waals surface area contributed by atoms with E-state index >= 15 is 0 Å². The van der Waals surface area contributed by atoms with Crippen molar-refractivity contribution in [2.75, 3.05) is 19.6 Å². The molecule has 1 aromatic heterocycles. The topological polar surface area (TPSA) is 109 Å². The minimum atomic E-state index is -3.54. The van der Waals surface area contributed by atoms with Crippen molar-refractivity contribution in [1.82, 2.24) is 29.9 Å². The van der Waals surface area contributed by atoms with Crippen LogP contribution in [0.5, 0.6) is 0 Å². The largest absolute Gasteiger partial charge is 0.336 e. The van der Waals surface area contributed by atoms with Gasteiger partial charge in [0.05, 0.1) is 17.0 Å². The number of carbonyl (C=O) groups excluding carboxylic acids is 1. The molecule has 150 valence electrons. The van der Waals surface area contributed by atoms with Crippen LogP contribution in [0.15, 0.2) is 23.1 Å². The van der Waals surface area contributed by atoms with Gasteiger partial charge in [-0.15, -0.1) is 5.10 Å². The number of aromatic nitrogens is 3. The molecule has 27 heavy (non-hydrogen) atoms. The predicted octanol–water partition coefficient (Wildman–Crippen LogP) is 1.56. The number of fused-ring (bicyclic) bond motifs is 1. The maximum Gasteiger partial charge on any atom is 0.315 e. The van der Waals surface area contributed by atoms with Crippen LogP contribution < -0.4 is 10.6 Å². The minimum absolute atomic E-state index is 0.202. The molecule has 0 spiro atoms. The molecule has 10 heteroatoms. The lowest BCUT2D eigenvalue weighted by molar-refractivity contribution is 0.231. The zero-order valence-electron chi connectivity index (χ0n) is 16.5. The highest BCUT2D eigenvalue weighted by Crippen LogP contribution is 2.20. The molecule has 2 N–H and O–H groups in total. The van der Waals surface area contributed by atoms with Gasteiger partial charge in [0, 0.05) is 25.2 Å². The van der Waals surface area contributed by atoms with Gasteiger partial charge in [-0.1, -0.05) is 19.1 Å². The maximum absolute atomic E-state index is 12.6. The van der Waals surface area contributed by atoms with Crippen molar-refractivity contribution in [3.8, 4) is 0 Å². The number of benzene rings is 1. The quantitative estimate of drug-likeness (QED) is 0.738. The van der Waals surface area contributed by atoms with Crippen molar-refractivity contribution in [3.05, 3.63) is 18.2 Å². The molecule has 2 rings (SSSR count). The lowest BCUT2D eigenvalue weighted by atomic mass is 10.1. The van der Waals surface area contributed by atoms with Crippen LogP contribution in [0.1, 0.15) is 34.6 Å². The van der Waals surface area contributed by atoms with Gasteiger partial charge in [-0.3, -0.25) is 0 Å². The SMILES string of the molecule is CCN(CC)S(=O)(=O)c1ccc2c(c1)nnn2CCNC(=O)NC(C)(C)C. The predicted molar refractivity (Wildman–Crippen MR) is 104 cm³/mol. The van der Waals surface area contributed by atoms with Crippen LogP contribution >= 0.6 is 0 Å². The number of sulfonamides is 1. The second kappa shape index (κ2) is 8.22. The summed E-state index contributed by atoms with van der Waals surface area (Å²) >= 11 is 0. The Balaban J connectivity index is 2.11. The molecule has 2 amide bonds. The molecule has 9 nitrogen and oxygen atoms in total. The van der Waals surface area contributed by atoms with Gasteiger partial charge in [-0.25, -0.2) is 17.9 Å². The van der Waals surface area contributed by atoms with Crippen LogP contribution in [0.2, 0.25) is 0 Å². The third kappa shape index (κ3) is 5.16. The Bertz CT molecular complexity index is 897. The summed E-state index contributed by atoms with van der Waals surface area (Å²) in [5, 5.41) is 13.7. The van der Waals surface area contributed by atoms with Gasteiger partial charge in [0.25, 0.3) is 0 Å². The Morgan fingerprint density at radius 3 is 2.48 bits per heavy atom. The van der Waals surface area contributed by atoms with Crippen molar-refractivity contribution < 1.29 is 13.2 Å². The van der Waals surface area contributed by atoms with Crippen LogP contribution in [0.25, 0.3) is 11.0 Å². The Morgan fingerprint density at radius 2 is 1.89 bits per heavy atom. The fourth-order valence-corrected chi connectivity index (χ4v) is 4.13. The van der Waals surface area contributed by atoms with E-state index in [1.165, 1.54) is 10.4 Å². The third-order valence-corrected chi connectivity index (χ3v) is 5.97. The lowest BCUT2D eigenvalue weighted by Gasteiger charge is -2.20. The van der Waals surface area contributed by atoms with Crippen LogP contribution in [0.3, 0.4) is 0 Å². The molecular formula is C17H28N6O3S. The third-order valence-electron chi connectivity index (χ3n) is 3.93. The molecule has 2 aromatic rings. The first-order valence-electron chi connectivity index (χ1n) is 8.98. The van der Waals surface area contributed by atoms with Crippen molar-refractivity contribution in [1.29, 1.82) is 0 Å². The van der Waals surface area contributed by atoms with Gasteiger partial charge >= 0.3 is 6.03 Å². The van der Waals surface area contributed by atoms with Gasteiger partial charge in [-0.2, -0.15) is 4.31 Å². The van der Waals surface area contributed by atoms with E-state index in [9.17, 15) is 13.2 Å². The summed E-state index contributed by atoms with van der Waals surface area (Å²) in [7, 11) is -3.54. The summed E-state index contributed by atoms with van der Waals surface area (Å²) in [6.07, 6.45) is 0. The number of urea groups is 1. The van der Waals surface area contributed by atoms with E-state index in [-0.39, 0.29) is 16.5 Å². The van der Waals surface area contributed by atoms with E-state index in [2.05, 4.69) is 20.9 Å². The molecular weight excluding hydrogens is 368 g/mol. The van der Waals surface area contributed by atoms with E-state index in [0.29, 0.717) is 37.2 Å². The van der Waals surface area contributed by atoms with E-state index in [1.54, 1.807) is 30.7 Å². The normalized spacial score (nSPS) is 12.5. The van der Waals surface area contributed by atoms with Crippen LogP contribution in [-0.2, 0) is 16.6 Å². The first kappa shape index (κ1) is 21.1. The number of nitrogens with one attached hydrogen (secondary N) is 2. The number of hydrogen-bond donors (Lipinski definition) is 2. The Hall–Kier alpha value is -2.20. The lowest BCUT2D eigenvalue weighted by Crippen LogP contribution is -2.47. The number of nitrogens with zero attached hydrogens (tertiary/aromatic N) is 4. The summed E-state index contributed by atoms with van der Waals surface area (Å²) in [6, 6.07) is 4.54. The highest BCUT2D eigenvalue weighted by molar-refractivity contribution is 7.89. The average molecular weight is 397 g/mol. The first-order valence-corrected chi connectivity index (χ1v) is 10.4. The number of carbonyl (C=O) groups is 1. The van der Waals surface area contributed by atoms with Gasteiger partial charge in [0.2, 0.25) is 10.0 Å². The zero-order valence-corrected chi connectivity index (χ0v) is 17.3. The Kier molecular flexibility index (Phi) is 6.42. The summed E-state index contributed by atoms with van der Waals surface area (Å²) in [6.45, 7) is 10.9. The molecule has 0 radical (unpaired) electrons. The fraction of sp³-hybridized carbons (Fsp3) is 0.588. The molecule has 1 heterocycles. The second-order valence-electron chi connectivity index (χ2n) is 7.18. The van der Waals surface area contributed by atoms with Gasteiger partial charge in [0.1, 0.15) is 5.52 Å². The van der Waals surface area contributed by atoms with E-state index < -0.39 is 10.0 Å². The smallest absolute Gasteiger partial charge is 0.315 e. The molecule has 1 aromatic carbocycles. The van der Waals surface area contributed by atoms with Crippen molar-refractivity contribution in [2.45, 2.75) is 51.6 Å². The number of amides is 2. The number of rotatable bonds is 7. The molecule has 0 aliphatic rings. The standard InChI is InChI=1S/C17H28N6O3S/c1-6-22(7-2)27(25,26)13-8-9-15-14(12-13)20-21-23(15)11-10-18-16(24)19-17(3,4)5/h8-9,12H,6-7,10-11H2,1-5H3,(H2,18,19,24). The Morgan fingerprint density at radius 1 is 1.22 bits per heavy atom. The molecule has 0 bridgehead atoms. The zero-order chi connectivity index (χ0) is 20.2. The molecule has 0 aliphatic carbocycles. The van der Waals surface area contributed by atoms with Gasteiger partial charge < -0.3 is 10.6 Å². The molecule has 0 fully saturated rings. The molecule has 0 saturated carbocycles. The van der Waals surface area contributed by atoms with E-state index in [0.717, 1.165) is 0 Å². The maximum atomic E-state index is 12.6. The highest BCUT2D eigenvalue weighted by atomic mass is 32.2. The summed E-state index contributed by atoms with van der Waals surface area (Å²) in [5.41, 5.74) is 0.908. The highest BCUT2D eigenvalue weighted by Gasteiger charge is 2.22.